The first kappa shape index (κ1) is 54.8. The summed E-state index contributed by atoms with van der Waals surface area (Å²) in [6.07, 6.45) is -0.450. The number of fused-ring (bicyclic) bond motifs is 2. The first-order valence-corrected chi connectivity index (χ1v) is 21.4. The lowest BCUT2D eigenvalue weighted by atomic mass is 9.88. The van der Waals surface area contributed by atoms with E-state index in [2.05, 4.69) is 13.2 Å². The lowest BCUT2D eigenvalue weighted by Crippen LogP contribution is -2.31. The van der Waals surface area contributed by atoms with Gasteiger partial charge in [-0.25, -0.2) is 19.2 Å². The van der Waals surface area contributed by atoms with Crippen LogP contribution in [0.2, 0.25) is 0 Å². The molecule has 2 heterocycles. The van der Waals surface area contributed by atoms with Crippen molar-refractivity contribution in [2.45, 2.75) is 43.7 Å². The standard InChI is InChI=1S/C25H25F3O8.C24H23F3O8/c1-14(2)23(31)35-13-16(30)12-34-18-4-3-15-9-20(24(32)36-22(15)11-18)19-6-5-17(33-8-7-29)10-21(19)25(26,27)28;1-2-22(30)34-13-15(29)12-33-17-4-3-14-9-19(23(31)35-21(14)11-17)18-6-5-16(32-8-7-28)10-20(18)24(25,26)27/h3-6,9-11,15-16,22,29-30H,1,7-8,12-13H2,2H3;2-6,9-11,14-15,21,28-29H,1,7-8,12-13H2. The van der Waals surface area contributed by atoms with Crippen LogP contribution in [-0.2, 0) is 60.0 Å². The molecule has 0 saturated heterocycles. The van der Waals surface area contributed by atoms with Gasteiger partial charge in [0.1, 0.15) is 87.1 Å². The van der Waals surface area contributed by atoms with Crippen LogP contribution in [0.25, 0.3) is 11.1 Å². The summed E-state index contributed by atoms with van der Waals surface area (Å²) in [7, 11) is 0. The molecule has 0 bridgehead atoms. The summed E-state index contributed by atoms with van der Waals surface area (Å²) >= 11 is 0. The summed E-state index contributed by atoms with van der Waals surface area (Å²) in [5, 5.41) is 37.4. The van der Waals surface area contributed by atoms with Crippen molar-refractivity contribution in [3.05, 3.63) is 144 Å². The third-order valence-corrected chi connectivity index (χ3v) is 10.1. The van der Waals surface area contributed by atoms with Gasteiger partial charge in [-0.15, -0.1) is 0 Å². The molecule has 2 aromatic carbocycles. The highest BCUT2D eigenvalue weighted by Gasteiger charge is 2.41. The zero-order valence-corrected chi connectivity index (χ0v) is 37.7. The van der Waals surface area contributed by atoms with E-state index in [-0.39, 0.29) is 104 Å². The van der Waals surface area contributed by atoms with Crippen LogP contribution < -0.4 is 9.47 Å². The normalized spacial score (nSPS) is 20.0. The maximum absolute atomic E-state index is 13.7. The van der Waals surface area contributed by atoms with Crippen molar-refractivity contribution < 1.29 is 104 Å². The summed E-state index contributed by atoms with van der Waals surface area (Å²) < 4.78 is 124. The number of rotatable bonds is 20. The monoisotopic (exact) mass is 1010 g/mol. The van der Waals surface area contributed by atoms with E-state index in [9.17, 15) is 55.7 Å². The minimum Gasteiger partial charge on any atom is -0.491 e. The van der Waals surface area contributed by atoms with Crippen LogP contribution in [-0.4, -0.2) is 122 Å². The average Bonchev–Trinajstić information content (AvgIpc) is 3.33. The molecule has 0 saturated carbocycles. The van der Waals surface area contributed by atoms with Crippen molar-refractivity contribution in [1.82, 2.24) is 0 Å². The number of alkyl halides is 6. The average molecular weight is 1010 g/mol. The number of ether oxygens (including phenoxy) is 8. The van der Waals surface area contributed by atoms with E-state index >= 15 is 0 Å². The highest BCUT2D eigenvalue weighted by molar-refractivity contribution is 6.18. The minimum atomic E-state index is -4.77. The molecule has 6 unspecified atom stereocenters. The van der Waals surface area contributed by atoms with Gasteiger partial charge in [-0.3, -0.25) is 0 Å². The number of aliphatic hydroxyl groups is 4. The zero-order valence-electron chi connectivity index (χ0n) is 37.7. The van der Waals surface area contributed by atoms with Gasteiger partial charge in [0, 0.05) is 34.6 Å². The first-order chi connectivity index (χ1) is 33.6. The van der Waals surface area contributed by atoms with E-state index in [4.69, 9.17) is 48.1 Å². The van der Waals surface area contributed by atoms with Crippen LogP contribution in [0.3, 0.4) is 0 Å². The van der Waals surface area contributed by atoms with Gasteiger partial charge < -0.3 is 58.3 Å². The second-order valence-corrected chi connectivity index (χ2v) is 15.6. The number of halogens is 6. The molecule has 4 N–H and O–H groups in total. The van der Waals surface area contributed by atoms with Crippen LogP contribution in [0, 0.1) is 11.8 Å². The molecule has 0 radical (unpaired) electrons. The van der Waals surface area contributed by atoms with Gasteiger partial charge in [0.2, 0.25) is 0 Å². The van der Waals surface area contributed by atoms with Gasteiger partial charge in [0.15, 0.2) is 0 Å². The largest absolute Gasteiger partial charge is 0.491 e. The molecule has 0 amide bonds. The number of esters is 4. The van der Waals surface area contributed by atoms with Crippen LogP contribution in [0.1, 0.15) is 29.2 Å². The third kappa shape index (κ3) is 15.4. The number of benzene rings is 2. The van der Waals surface area contributed by atoms with Crippen molar-refractivity contribution >= 4 is 35.0 Å². The van der Waals surface area contributed by atoms with Crippen molar-refractivity contribution in [2.75, 3.05) is 52.9 Å². The minimum absolute atomic E-state index is 0.0957. The van der Waals surface area contributed by atoms with Crippen molar-refractivity contribution in [3.8, 4) is 11.5 Å². The molecule has 22 heteroatoms. The molecule has 2 aromatic rings. The Morgan fingerprint density at radius 1 is 0.676 bits per heavy atom. The Kier molecular flexibility index (Phi) is 19.0. The van der Waals surface area contributed by atoms with Gasteiger partial charge in [0.05, 0.1) is 35.5 Å². The topological polar surface area (TPSA) is 223 Å². The molecule has 16 nitrogen and oxygen atoms in total. The molecule has 0 aromatic heterocycles. The number of aliphatic hydroxyl groups excluding tert-OH is 4. The molecule has 382 valence electrons. The predicted octanol–water partition coefficient (Wildman–Crippen LogP) is 5.51. The Morgan fingerprint density at radius 2 is 1.10 bits per heavy atom. The highest BCUT2D eigenvalue weighted by atomic mass is 19.4. The highest BCUT2D eigenvalue weighted by Crippen LogP contribution is 2.42. The molecular weight excluding hydrogens is 959 g/mol. The molecule has 2 aliphatic heterocycles. The first-order valence-electron chi connectivity index (χ1n) is 21.4. The Bertz CT molecular complexity index is 2500. The van der Waals surface area contributed by atoms with E-state index < -0.39 is 83.6 Å². The summed E-state index contributed by atoms with van der Waals surface area (Å²) in [4.78, 5) is 47.7. The van der Waals surface area contributed by atoms with Gasteiger partial charge >= 0.3 is 36.2 Å². The van der Waals surface area contributed by atoms with Crippen LogP contribution >= 0.6 is 0 Å². The maximum atomic E-state index is 13.7. The fourth-order valence-corrected chi connectivity index (χ4v) is 6.81. The predicted molar refractivity (Wildman–Crippen MR) is 236 cm³/mol. The number of carbonyl (C=O) groups is 4. The van der Waals surface area contributed by atoms with E-state index in [1.165, 1.54) is 55.5 Å². The molecule has 6 atom stereocenters. The van der Waals surface area contributed by atoms with Crippen molar-refractivity contribution in [1.29, 1.82) is 0 Å². The fraction of sp³-hybridized carbons (Fsp3) is 0.347. The van der Waals surface area contributed by atoms with Crippen LogP contribution in [0.5, 0.6) is 11.5 Å². The summed E-state index contributed by atoms with van der Waals surface area (Å²) in [5.41, 5.74) is -3.14. The van der Waals surface area contributed by atoms with E-state index in [0.717, 1.165) is 30.3 Å². The molecule has 6 rings (SSSR count). The van der Waals surface area contributed by atoms with Gasteiger partial charge in [-0.05, 0) is 67.6 Å². The molecule has 71 heavy (non-hydrogen) atoms. The number of hydrogen-bond donors (Lipinski definition) is 4. The third-order valence-electron chi connectivity index (χ3n) is 10.1. The van der Waals surface area contributed by atoms with E-state index in [1.807, 2.05) is 0 Å². The molecule has 0 fully saturated rings. The lowest BCUT2D eigenvalue weighted by molar-refractivity contribution is -0.143. The Labute approximate surface area is 401 Å². The fourth-order valence-electron chi connectivity index (χ4n) is 6.81. The molecular formula is C49H48F6O16. The molecule has 4 aliphatic rings. The summed E-state index contributed by atoms with van der Waals surface area (Å²) in [5.74, 6) is -3.96. The lowest BCUT2D eigenvalue weighted by Gasteiger charge is -2.30. The van der Waals surface area contributed by atoms with Gasteiger partial charge in [0.25, 0.3) is 0 Å². The number of allylic oxidation sites excluding steroid dienone is 2. The Morgan fingerprint density at radius 3 is 1.48 bits per heavy atom. The zero-order chi connectivity index (χ0) is 52.0. The van der Waals surface area contributed by atoms with Crippen molar-refractivity contribution in [3.63, 3.8) is 0 Å². The second kappa shape index (κ2) is 24.6. The Hall–Kier alpha value is -7.14. The van der Waals surface area contributed by atoms with Gasteiger partial charge in [-0.2, -0.15) is 26.3 Å². The smallest absolute Gasteiger partial charge is 0.417 e. The summed E-state index contributed by atoms with van der Waals surface area (Å²) in [6.45, 7) is 6.01. The summed E-state index contributed by atoms with van der Waals surface area (Å²) in [6, 6.07) is 6.35. The maximum Gasteiger partial charge on any atom is 0.417 e. The van der Waals surface area contributed by atoms with E-state index in [0.29, 0.717) is 0 Å². The number of hydrogen-bond acceptors (Lipinski definition) is 16. The quantitative estimate of drug-likeness (QED) is 0.0555. The molecule has 0 spiro atoms. The van der Waals surface area contributed by atoms with Crippen LogP contribution in [0.4, 0.5) is 26.3 Å². The van der Waals surface area contributed by atoms with Gasteiger partial charge in [-0.1, -0.05) is 37.5 Å². The number of carbonyl (C=O) groups excluding carboxylic acids is 4. The van der Waals surface area contributed by atoms with Crippen molar-refractivity contribution in [2.24, 2.45) is 11.8 Å². The molecule has 2 aliphatic carbocycles. The second-order valence-electron chi connectivity index (χ2n) is 15.6. The Balaban J connectivity index is 0.000000264. The van der Waals surface area contributed by atoms with E-state index in [1.54, 1.807) is 12.2 Å². The van der Waals surface area contributed by atoms with Crippen LogP contribution in [0.15, 0.2) is 121 Å². The SMILES string of the molecule is C=C(C)C(=O)OCC(O)COC1=CC2OC(=O)C(c3ccc(OCCO)cc3C(F)(F)F)=CC2C=C1.C=CC(=O)OCC(O)COC1=CC2OC(=O)C(c3ccc(OCCO)cc3C(F)(F)F)=CC2C=C1.